The summed E-state index contributed by atoms with van der Waals surface area (Å²) in [6, 6.07) is 10.9. The molecule has 0 aliphatic carbocycles. The van der Waals surface area contributed by atoms with Crippen molar-refractivity contribution in [2.45, 2.75) is 13.5 Å². The molecule has 2 aromatic rings. The highest BCUT2D eigenvalue weighted by Gasteiger charge is 2.06. The lowest BCUT2D eigenvalue weighted by Gasteiger charge is -2.10. The molecule has 1 nitrogen and oxygen atoms in total. The molecule has 0 aliphatic heterocycles. The number of hydrogen-bond acceptors (Lipinski definition) is 1. The first-order valence-electron chi connectivity index (χ1n) is 5.40. The van der Waals surface area contributed by atoms with Gasteiger partial charge in [0.05, 0.1) is 0 Å². The Labute approximate surface area is 121 Å². The lowest BCUT2D eigenvalue weighted by atomic mass is 10.2. The minimum atomic E-state index is 0.333. The molecule has 0 atom stereocenters. The zero-order chi connectivity index (χ0) is 13.1. The highest BCUT2D eigenvalue weighted by atomic mass is 35.5. The second-order valence-electron chi connectivity index (χ2n) is 3.90. The van der Waals surface area contributed by atoms with Gasteiger partial charge in [0.2, 0.25) is 0 Å². The van der Waals surface area contributed by atoms with E-state index in [4.69, 9.17) is 39.5 Å². The molecule has 0 saturated carbocycles. The van der Waals surface area contributed by atoms with Crippen LogP contribution in [0.1, 0.15) is 11.1 Å². The summed E-state index contributed by atoms with van der Waals surface area (Å²) in [5, 5.41) is 1.93. The summed E-state index contributed by atoms with van der Waals surface area (Å²) in [4.78, 5) is 0. The molecule has 2 rings (SSSR count). The van der Waals surface area contributed by atoms with E-state index in [1.807, 2.05) is 19.1 Å². The molecule has 0 radical (unpaired) electrons. The van der Waals surface area contributed by atoms with Crippen LogP contribution in [-0.4, -0.2) is 0 Å². The minimum absolute atomic E-state index is 0.333. The van der Waals surface area contributed by atoms with Crippen LogP contribution in [0.5, 0.6) is 5.75 Å². The van der Waals surface area contributed by atoms with Crippen LogP contribution in [0.3, 0.4) is 0 Å². The molecular formula is C14H11Cl3O. The topological polar surface area (TPSA) is 9.23 Å². The number of halogens is 3. The second-order valence-corrected chi connectivity index (χ2v) is 5.12. The zero-order valence-corrected chi connectivity index (χ0v) is 12.0. The van der Waals surface area contributed by atoms with Crippen LogP contribution in [0.4, 0.5) is 0 Å². The van der Waals surface area contributed by atoms with E-state index >= 15 is 0 Å². The Kier molecular flexibility index (Phi) is 4.39. The van der Waals surface area contributed by atoms with E-state index < -0.39 is 0 Å². The van der Waals surface area contributed by atoms with Crippen molar-refractivity contribution in [3.8, 4) is 5.75 Å². The number of aryl methyl sites for hydroxylation is 1. The van der Waals surface area contributed by atoms with E-state index in [2.05, 4.69) is 0 Å². The van der Waals surface area contributed by atoms with Crippen LogP contribution < -0.4 is 4.74 Å². The van der Waals surface area contributed by atoms with Crippen LogP contribution in [0.15, 0.2) is 36.4 Å². The molecule has 0 amide bonds. The summed E-state index contributed by atoms with van der Waals surface area (Å²) in [6.07, 6.45) is 0. The van der Waals surface area contributed by atoms with Crippen LogP contribution in [0.25, 0.3) is 0 Å². The average molecular weight is 302 g/mol. The molecule has 0 bridgehead atoms. The third-order valence-corrected chi connectivity index (χ3v) is 3.71. The van der Waals surface area contributed by atoms with Gasteiger partial charge in [0, 0.05) is 20.6 Å². The van der Waals surface area contributed by atoms with Gasteiger partial charge in [-0.3, -0.25) is 0 Å². The van der Waals surface area contributed by atoms with E-state index in [0.29, 0.717) is 16.7 Å². The van der Waals surface area contributed by atoms with Crippen LogP contribution in [0.2, 0.25) is 15.1 Å². The molecule has 0 fully saturated rings. The van der Waals surface area contributed by atoms with E-state index in [-0.39, 0.29) is 0 Å². The molecule has 0 spiro atoms. The summed E-state index contributed by atoms with van der Waals surface area (Å²) in [5.74, 6) is 0.743. The zero-order valence-electron chi connectivity index (χ0n) is 9.71. The quantitative estimate of drug-likeness (QED) is 0.724. The van der Waals surface area contributed by atoms with Crippen molar-refractivity contribution in [3.63, 3.8) is 0 Å². The van der Waals surface area contributed by atoms with Crippen molar-refractivity contribution in [1.29, 1.82) is 0 Å². The Morgan fingerprint density at radius 3 is 2.22 bits per heavy atom. The van der Waals surface area contributed by atoms with Gasteiger partial charge in [-0.25, -0.2) is 0 Å². The van der Waals surface area contributed by atoms with Gasteiger partial charge in [-0.2, -0.15) is 0 Å². The molecule has 0 aliphatic rings. The van der Waals surface area contributed by atoms with Gasteiger partial charge in [0.1, 0.15) is 12.4 Å². The van der Waals surface area contributed by atoms with E-state index in [0.717, 1.165) is 21.9 Å². The van der Waals surface area contributed by atoms with Gasteiger partial charge in [0.15, 0.2) is 0 Å². The number of benzene rings is 2. The monoisotopic (exact) mass is 300 g/mol. The Morgan fingerprint density at radius 2 is 1.61 bits per heavy atom. The molecular weight excluding hydrogens is 291 g/mol. The Hall–Kier alpha value is -0.890. The van der Waals surface area contributed by atoms with Gasteiger partial charge >= 0.3 is 0 Å². The summed E-state index contributed by atoms with van der Waals surface area (Å²) in [7, 11) is 0. The fraction of sp³-hybridized carbons (Fsp3) is 0.143. The predicted octanol–water partition coefficient (Wildman–Crippen LogP) is 5.53. The molecule has 2 aromatic carbocycles. The van der Waals surface area contributed by atoms with Crippen LogP contribution in [-0.2, 0) is 6.61 Å². The van der Waals surface area contributed by atoms with Crippen molar-refractivity contribution in [1.82, 2.24) is 0 Å². The lowest BCUT2D eigenvalue weighted by Crippen LogP contribution is -1.97. The number of ether oxygens (including phenoxy) is 1. The SMILES string of the molecule is Cc1cc(OCc2c(Cl)cccc2Cl)ccc1Cl. The number of hydrogen-bond donors (Lipinski definition) is 0. The van der Waals surface area contributed by atoms with Gasteiger partial charge in [-0.05, 0) is 42.8 Å². The van der Waals surface area contributed by atoms with Gasteiger partial charge < -0.3 is 4.74 Å². The highest BCUT2D eigenvalue weighted by Crippen LogP contribution is 2.27. The van der Waals surface area contributed by atoms with Gasteiger partial charge in [-0.15, -0.1) is 0 Å². The molecule has 0 unspecified atom stereocenters. The predicted molar refractivity (Wildman–Crippen MR) is 77.0 cm³/mol. The van der Waals surface area contributed by atoms with Crippen molar-refractivity contribution in [2.24, 2.45) is 0 Å². The third kappa shape index (κ3) is 3.11. The smallest absolute Gasteiger partial charge is 0.120 e. The molecule has 4 heteroatoms. The van der Waals surface area contributed by atoms with Crippen molar-refractivity contribution in [3.05, 3.63) is 62.6 Å². The fourth-order valence-corrected chi connectivity index (χ4v) is 2.16. The van der Waals surface area contributed by atoms with Gasteiger partial charge in [-0.1, -0.05) is 40.9 Å². The molecule has 18 heavy (non-hydrogen) atoms. The second kappa shape index (κ2) is 5.83. The third-order valence-electron chi connectivity index (χ3n) is 2.57. The number of rotatable bonds is 3. The van der Waals surface area contributed by atoms with E-state index in [1.165, 1.54) is 0 Å². The molecule has 0 saturated heterocycles. The summed E-state index contributed by atoms with van der Waals surface area (Å²) in [5.41, 5.74) is 1.76. The maximum atomic E-state index is 6.07. The summed E-state index contributed by atoms with van der Waals surface area (Å²) in [6.45, 7) is 2.26. The normalized spacial score (nSPS) is 10.4. The molecule has 0 N–H and O–H groups in total. The molecule has 0 aromatic heterocycles. The largest absolute Gasteiger partial charge is 0.489 e. The minimum Gasteiger partial charge on any atom is -0.489 e. The van der Waals surface area contributed by atoms with Gasteiger partial charge in [0.25, 0.3) is 0 Å². The Morgan fingerprint density at radius 1 is 0.944 bits per heavy atom. The average Bonchev–Trinajstić information content (AvgIpc) is 2.33. The fourth-order valence-electron chi connectivity index (χ4n) is 1.53. The maximum Gasteiger partial charge on any atom is 0.120 e. The maximum absolute atomic E-state index is 6.07. The lowest BCUT2D eigenvalue weighted by molar-refractivity contribution is 0.306. The standard InChI is InChI=1S/C14H11Cl3O/c1-9-7-10(5-6-12(9)15)18-8-11-13(16)3-2-4-14(11)17/h2-7H,8H2,1H3. The first-order chi connectivity index (χ1) is 8.58. The van der Waals surface area contributed by atoms with Crippen molar-refractivity contribution in [2.75, 3.05) is 0 Å². The van der Waals surface area contributed by atoms with Crippen LogP contribution in [0, 0.1) is 6.92 Å². The summed E-state index contributed by atoms with van der Waals surface area (Å²) < 4.78 is 5.66. The van der Waals surface area contributed by atoms with Crippen molar-refractivity contribution >= 4 is 34.8 Å². The van der Waals surface area contributed by atoms with Crippen LogP contribution >= 0.6 is 34.8 Å². The van der Waals surface area contributed by atoms with E-state index in [9.17, 15) is 0 Å². The first-order valence-corrected chi connectivity index (χ1v) is 6.53. The van der Waals surface area contributed by atoms with Crippen molar-refractivity contribution < 1.29 is 4.74 Å². The first kappa shape index (κ1) is 13.5. The Balaban J connectivity index is 2.14. The Bertz CT molecular complexity index is 547. The van der Waals surface area contributed by atoms with E-state index in [1.54, 1.807) is 24.3 Å². The molecule has 94 valence electrons. The molecule has 0 heterocycles. The highest BCUT2D eigenvalue weighted by molar-refractivity contribution is 6.36. The summed E-state index contributed by atoms with van der Waals surface area (Å²) >= 11 is 18.1.